The van der Waals surface area contributed by atoms with Crippen molar-refractivity contribution >= 4 is 21.6 Å². The summed E-state index contributed by atoms with van der Waals surface area (Å²) in [4.78, 5) is 12.2. The van der Waals surface area contributed by atoms with Crippen LogP contribution in [0.2, 0.25) is 0 Å². The first-order chi connectivity index (χ1) is 12.3. The first kappa shape index (κ1) is 19.8. The summed E-state index contributed by atoms with van der Waals surface area (Å²) in [6.45, 7) is 5.04. The summed E-state index contributed by atoms with van der Waals surface area (Å²) < 4.78 is 28.7. The zero-order chi connectivity index (χ0) is 19.2. The SMILES string of the molecule is CCCOc1ccc(CNC(=O)Nc2cccc(S(C)(=O)=O)c2)c(C)c1. The second-order valence-corrected chi connectivity index (χ2v) is 8.06. The van der Waals surface area contributed by atoms with Crippen LogP contribution in [0.3, 0.4) is 0 Å². The molecule has 0 radical (unpaired) electrons. The minimum atomic E-state index is -3.32. The third-order valence-corrected chi connectivity index (χ3v) is 4.86. The lowest BCUT2D eigenvalue weighted by molar-refractivity contribution is 0.251. The summed E-state index contributed by atoms with van der Waals surface area (Å²) in [6.07, 6.45) is 2.08. The molecule has 0 bridgehead atoms. The standard InChI is InChI=1S/C19H24N2O4S/c1-4-10-25-17-9-8-15(14(2)11-17)13-20-19(22)21-16-6-5-7-18(12-16)26(3,23)24/h5-9,11-12H,4,10,13H2,1-3H3,(H2,20,21,22). The number of benzene rings is 2. The number of hydrogen-bond donors (Lipinski definition) is 2. The molecule has 0 saturated carbocycles. The topological polar surface area (TPSA) is 84.5 Å². The number of urea groups is 1. The summed E-state index contributed by atoms with van der Waals surface area (Å²) in [5, 5.41) is 5.41. The quantitative estimate of drug-likeness (QED) is 0.774. The van der Waals surface area contributed by atoms with Gasteiger partial charge in [0.05, 0.1) is 11.5 Å². The molecule has 0 spiro atoms. The number of rotatable bonds is 7. The second kappa shape index (κ2) is 8.71. The van der Waals surface area contributed by atoms with E-state index in [2.05, 4.69) is 17.6 Å². The van der Waals surface area contributed by atoms with E-state index < -0.39 is 15.9 Å². The number of sulfone groups is 1. The number of aryl methyl sites for hydroxylation is 1. The van der Waals surface area contributed by atoms with Gasteiger partial charge in [-0.15, -0.1) is 0 Å². The maximum atomic E-state index is 12.1. The molecule has 6 nitrogen and oxygen atoms in total. The third kappa shape index (κ3) is 5.77. The molecule has 0 aromatic heterocycles. The van der Waals surface area contributed by atoms with Gasteiger partial charge in [0.15, 0.2) is 9.84 Å². The Morgan fingerprint density at radius 2 is 1.92 bits per heavy atom. The van der Waals surface area contributed by atoms with E-state index >= 15 is 0 Å². The van der Waals surface area contributed by atoms with Crippen molar-refractivity contribution in [3.63, 3.8) is 0 Å². The number of anilines is 1. The normalized spacial score (nSPS) is 11.0. The van der Waals surface area contributed by atoms with Crippen LogP contribution < -0.4 is 15.4 Å². The predicted octanol–water partition coefficient (Wildman–Crippen LogP) is 3.51. The molecule has 26 heavy (non-hydrogen) atoms. The molecule has 0 fully saturated rings. The van der Waals surface area contributed by atoms with Gasteiger partial charge in [-0.2, -0.15) is 0 Å². The average molecular weight is 376 g/mol. The predicted molar refractivity (Wildman–Crippen MR) is 102 cm³/mol. The van der Waals surface area contributed by atoms with Crippen LogP contribution >= 0.6 is 0 Å². The molecule has 7 heteroatoms. The number of carbonyl (C=O) groups is 1. The zero-order valence-electron chi connectivity index (χ0n) is 15.2. The van der Waals surface area contributed by atoms with Gasteiger partial charge in [-0.05, 0) is 54.8 Å². The van der Waals surface area contributed by atoms with Crippen LogP contribution in [-0.2, 0) is 16.4 Å². The molecule has 0 unspecified atom stereocenters. The number of hydrogen-bond acceptors (Lipinski definition) is 4. The number of nitrogens with one attached hydrogen (secondary N) is 2. The fraction of sp³-hybridized carbons (Fsp3) is 0.316. The van der Waals surface area contributed by atoms with Crippen LogP contribution in [0.1, 0.15) is 24.5 Å². The van der Waals surface area contributed by atoms with E-state index in [0.29, 0.717) is 18.8 Å². The molecule has 2 aromatic rings. The summed E-state index contributed by atoms with van der Waals surface area (Å²) >= 11 is 0. The fourth-order valence-corrected chi connectivity index (χ4v) is 3.00. The highest BCUT2D eigenvalue weighted by atomic mass is 32.2. The molecule has 0 heterocycles. The van der Waals surface area contributed by atoms with Gasteiger partial charge in [0, 0.05) is 18.5 Å². The van der Waals surface area contributed by atoms with Crippen molar-refractivity contribution in [1.29, 1.82) is 0 Å². The van der Waals surface area contributed by atoms with Crippen molar-refractivity contribution in [2.45, 2.75) is 31.7 Å². The van der Waals surface area contributed by atoms with E-state index in [1.807, 2.05) is 25.1 Å². The van der Waals surface area contributed by atoms with Crippen molar-refractivity contribution in [2.24, 2.45) is 0 Å². The fourth-order valence-electron chi connectivity index (χ4n) is 2.33. The second-order valence-electron chi connectivity index (χ2n) is 6.04. The van der Waals surface area contributed by atoms with Gasteiger partial charge in [-0.1, -0.05) is 19.1 Å². The molecule has 2 rings (SSSR count). The van der Waals surface area contributed by atoms with E-state index in [-0.39, 0.29) is 4.90 Å². The molecule has 2 aromatic carbocycles. The van der Waals surface area contributed by atoms with Crippen LogP contribution in [0.5, 0.6) is 5.75 Å². The summed E-state index contributed by atoms with van der Waals surface area (Å²) in [6, 6.07) is 11.5. The van der Waals surface area contributed by atoms with Gasteiger partial charge in [-0.3, -0.25) is 0 Å². The van der Waals surface area contributed by atoms with Crippen LogP contribution in [0, 0.1) is 6.92 Å². The van der Waals surface area contributed by atoms with E-state index in [4.69, 9.17) is 4.74 Å². The maximum Gasteiger partial charge on any atom is 0.319 e. The van der Waals surface area contributed by atoms with Gasteiger partial charge in [0.25, 0.3) is 0 Å². The molecule has 140 valence electrons. The molecule has 0 aliphatic rings. The number of carbonyl (C=O) groups excluding carboxylic acids is 1. The highest BCUT2D eigenvalue weighted by molar-refractivity contribution is 7.90. The Balaban J connectivity index is 1.95. The molecule has 0 saturated heterocycles. The van der Waals surface area contributed by atoms with Gasteiger partial charge in [0.2, 0.25) is 0 Å². The van der Waals surface area contributed by atoms with E-state index in [1.54, 1.807) is 12.1 Å². The first-order valence-electron chi connectivity index (χ1n) is 8.37. The summed E-state index contributed by atoms with van der Waals surface area (Å²) in [7, 11) is -3.32. The van der Waals surface area contributed by atoms with Crippen molar-refractivity contribution in [3.8, 4) is 5.75 Å². The van der Waals surface area contributed by atoms with Crippen molar-refractivity contribution < 1.29 is 17.9 Å². The summed E-state index contributed by atoms with van der Waals surface area (Å²) in [5.41, 5.74) is 2.43. The Bertz CT molecular complexity index is 879. The lowest BCUT2D eigenvalue weighted by atomic mass is 10.1. The average Bonchev–Trinajstić information content (AvgIpc) is 2.58. The smallest absolute Gasteiger partial charge is 0.319 e. The van der Waals surface area contributed by atoms with E-state index in [1.165, 1.54) is 12.1 Å². The van der Waals surface area contributed by atoms with E-state index in [0.717, 1.165) is 29.6 Å². The van der Waals surface area contributed by atoms with Gasteiger partial charge in [0.1, 0.15) is 5.75 Å². The highest BCUT2D eigenvalue weighted by Crippen LogP contribution is 2.18. The van der Waals surface area contributed by atoms with Crippen LogP contribution in [0.4, 0.5) is 10.5 Å². The molecule has 0 atom stereocenters. The molecule has 2 amide bonds. The van der Waals surface area contributed by atoms with Crippen molar-refractivity contribution in [3.05, 3.63) is 53.6 Å². The number of amides is 2. The van der Waals surface area contributed by atoms with Gasteiger partial charge >= 0.3 is 6.03 Å². The van der Waals surface area contributed by atoms with Crippen LogP contribution in [0.15, 0.2) is 47.4 Å². The number of ether oxygens (including phenoxy) is 1. The molecule has 0 aliphatic carbocycles. The zero-order valence-corrected chi connectivity index (χ0v) is 16.0. The van der Waals surface area contributed by atoms with E-state index in [9.17, 15) is 13.2 Å². The lowest BCUT2D eigenvalue weighted by Gasteiger charge is -2.12. The molecular formula is C19H24N2O4S. The highest BCUT2D eigenvalue weighted by Gasteiger charge is 2.09. The van der Waals surface area contributed by atoms with Gasteiger partial charge < -0.3 is 15.4 Å². The first-order valence-corrected chi connectivity index (χ1v) is 10.3. The minimum absolute atomic E-state index is 0.161. The maximum absolute atomic E-state index is 12.1. The molecule has 0 aliphatic heterocycles. The third-order valence-electron chi connectivity index (χ3n) is 3.75. The lowest BCUT2D eigenvalue weighted by Crippen LogP contribution is -2.28. The van der Waals surface area contributed by atoms with Crippen LogP contribution in [0.25, 0.3) is 0 Å². The largest absolute Gasteiger partial charge is 0.494 e. The Kier molecular flexibility index (Phi) is 6.63. The Hall–Kier alpha value is -2.54. The monoisotopic (exact) mass is 376 g/mol. The summed E-state index contributed by atoms with van der Waals surface area (Å²) in [5.74, 6) is 0.815. The van der Waals surface area contributed by atoms with Crippen LogP contribution in [-0.4, -0.2) is 27.3 Å². The Morgan fingerprint density at radius 3 is 2.58 bits per heavy atom. The Morgan fingerprint density at radius 1 is 1.15 bits per heavy atom. The van der Waals surface area contributed by atoms with Crippen molar-refractivity contribution in [1.82, 2.24) is 5.32 Å². The Labute approximate surface area is 154 Å². The molecule has 2 N–H and O–H groups in total. The molecular weight excluding hydrogens is 352 g/mol. The van der Waals surface area contributed by atoms with Crippen molar-refractivity contribution in [2.75, 3.05) is 18.2 Å². The minimum Gasteiger partial charge on any atom is -0.494 e. The van der Waals surface area contributed by atoms with Gasteiger partial charge in [-0.25, -0.2) is 13.2 Å².